The van der Waals surface area contributed by atoms with Crippen LogP contribution in [0, 0.1) is 5.82 Å². The van der Waals surface area contributed by atoms with Crippen molar-refractivity contribution in [2.45, 2.75) is 11.8 Å². The number of anilines is 1. The van der Waals surface area contributed by atoms with E-state index in [0.717, 1.165) is 12.3 Å². The third-order valence-corrected chi connectivity index (χ3v) is 5.48. The fourth-order valence-electron chi connectivity index (χ4n) is 1.92. The van der Waals surface area contributed by atoms with Crippen LogP contribution in [0.2, 0.25) is 10.0 Å². The maximum atomic E-state index is 13.2. The Labute approximate surface area is 160 Å². The molecule has 2 aromatic rings. The van der Waals surface area contributed by atoms with Gasteiger partial charge in [-0.1, -0.05) is 23.2 Å². The molecular formula is C17H14Cl2FNO4S. The van der Waals surface area contributed by atoms with Crippen LogP contribution in [-0.4, -0.2) is 21.0 Å². The molecule has 5 nitrogen and oxygen atoms in total. The Morgan fingerprint density at radius 1 is 1.19 bits per heavy atom. The number of rotatable bonds is 6. The summed E-state index contributed by atoms with van der Waals surface area (Å²) in [5, 5.41) is 2.82. The molecule has 138 valence electrons. The lowest BCUT2D eigenvalue weighted by Gasteiger charge is -2.10. The number of nitrogens with one attached hydrogen (secondary N) is 1. The Morgan fingerprint density at radius 3 is 2.42 bits per heavy atom. The summed E-state index contributed by atoms with van der Waals surface area (Å²) in [6.07, 6.45) is 0.978. The summed E-state index contributed by atoms with van der Waals surface area (Å²) in [6.45, 7) is 1.55. The van der Waals surface area contributed by atoms with E-state index in [1.54, 1.807) is 6.92 Å². The average molecular weight is 418 g/mol. The molecular weight excluding hydrogens is 404 g/mol. The molecule has 0 amide bonds. The lowest BCUT2D eigenvalue weighted by atomic mass is 10.3. The second-order valence-corrected chi connectivity index (χ2v) is 7.72. The third kappa shape index (κ3) is 4.75. The molecule has 0 saturated carbocycles. The molecule has 2 rings (SSSR count). The van der Waals surface area contributed by atoms with Crippen LogP contribution in [0.3, 0.4) is 0 Å². The van der Waals surface area contributed by atoms with Crippen LogP contribution in [0.15, 0.2) is 58.5 Å². The first-order valence-electron chi connectivity index (χ1n) is 7.35. The van der Waals surface area contributed by atoms with Gasteiger partial charge in [0.15, 0.2) is 4.91 Å². The summed E-state index contributed by atoms with van der Waals surface area (Å²) < 4.78 is 43.6. The van der Waals surface area contributed by atoms with Gasteiger partial charge in [-0.05, 0) is 49.4 Å². The minimum atomic E-state index is -4.17. The van der Waals surface area contributed by atoms with Gasteiger partial charge in [0.1, 0.15) is 5.82 Å². The van der Waals surface area contributed by atoms with Crippen molar-refractivity contribution in [2.75, 3.05) is 11.9 Å². The van der Waals surface area contributed by atoms with Gasteiger partial charge < -0.3 is 10.1 Å². The minimum absolute atomic E-state index is 0.00527. The quantitative estimate of drug-likeness (QED) is 0.556. The Kier molecular flexibility index (Phi) is 6.63. The van der Waals surface area contributed by atoms with Crippen LogP contribution in [-0.2, 0) is 19.4 Å². The summed E-state index contributed by atoms with van der Waals surface area (Å²) in [5.74, 6) is -1.65. The summed E-state index contributed by atoms with van der Waals surface area (Å²) in [6, 6.07) is 9.05. The molecule has 26 heavy (non-hydrogen) atoms. The highest BCUT2D eigenvalue weighted by molar-refractivity contribution is 7.96. The van der Waals surface area contributed by atoms with E-state index in [4.69, 9.17) is 27.9 Å². The van der Waals surface area contributed by atoms with Crippen LogP contribution < -0.4 is 5.32 Å². The molecule has 0 spiro atoms. The van der Waals surface area contributed by atoms with Gasteiger partial charge in [0.2, 0.25) is 9.84 Å². The largest absolute Gasteiger partial charge is 0.462 e. The highest BCUT2D eigenvalue weighted by atomic mass is 35.5. The van der Waals surface area contributed by atoms with E-state index < -0.39 is 26.5 Å². The van der Waals surface area contributed by atoms with Crippen molar-refractivity contribution in [3.63, 3.8) is 0 Å². The van der Waals surface area contributed by atoms with Crippen molar-refractivity contribution in [1.82, 2.24) is 0 Å². The van der Waals surface area contributed by atoms with Crippen molar-refractivity contribution in [2.24, 2.45) is 0 Å². The molecule has 0 radical (unpaired) electrons. The number of ether oxygens (including phenoxy) is 1. The molecule has 0 heterocycles. The molecule has 0 atom stereocenters. The van der Waals surface area contributed by atoms with Crippen molar-refractivity contribution >= 4 is 44.7 Å². The van der Waals surface area contributed by atoms with Crippen molar-refractivity contribution in [1.29, 1.82) is 0 Å². The molecule has 0 aliphatic carbocycles. The van der Waals surface area contributed by atoms with Crippen LogP contribution in [0.5, 0.6) is 0 Å². The summed E-state index contributed by atoms with van der Waals surface area (Å²) in [4.78, 5) is 11.4. The number of carbonyl (C=O) groups excluding carboxylic acids is 1. The number of hydrogen-bond donors (Lipinski definition) is 1. The van der Waals surface area contributed by atoms with Gasteiger partial charge in [-0.25, -0.2) is 17.6 Å². The number of esters is 1. The highest BCUT2D eigenvalue weighted by Crippen LogP contribution is 2.24. The van der Waals surface area contributed by atoms with Crippen LogP contribution >= 0.6 is 23.2 Å². The zero-order valence-electron chi connectivity index (χ0n) is 13.5. The number of benzene rings is 2. The Hall–Kier alpha value is -2.09. The Balaban J connectivity index is 2.43. The zero-order valence-corrected chi connectivity index (χ0v) is 15.8. The second kappa shape index (κ2) is 8.53. The standard InChI is InChI=1S/C17H14Cl2FNO4S/c1-2-25-17(22)16(10-21-12-5-8-15(20)14(19)9-12)26(23,24)13-6-3-11(18)4-7-13/h3-10,21H,2H2,1H3. The van der Waals surface area contributed by atoms with Gasteiger partial charge in [-0.2, -0.15) is 0 Å². The first kappa shape index (κ1) is 20.2. The van der Waals surface area contributed by atoms with E-state index in [1.165, 1.54) is 36.4 Å². The van der Waals surface area contributed by atoms with E-state index in [-0.39, 0.29) is 16.5 Å². The third-order valence-electron chi connectivity index (χ3n) is 3.18. The molecule has 0 unspecified atom stereocenters. The molecule has 0 bridgehead atoms. The van der Waals surface area contributed by atoms with Crippen LogP contribution in [0.4, 0.5) is 10.1 Å². The molecule has 2 aromatic carbocycles. The normalized spacial score (nSPS) is 11.9. The van der Waals surface area contributed by atoms with Crippen LogP contribution in [0.25, 0.3) is 0 Å². The minimum Gasteiger partial charge on any atom is -0.462 e. The average Bonchev–Trinajstić information content (AvgIpc) is 2.58. The van der Waals surface area contributed by atoms with Gasteiger partial charge in [0.25, 0.3) is 0 Å². The van der Waals surface area contributed by atoms with E-state index in [9.17, 15) is 17.6 Å². The number of carbonyl (C=O) groups is 1. The molecule has 0 fully saturated rings. The SMILES string of the molecule is CCOC(=O)C(=CNc1ccc(F)c(Cl)c1)S(=O)(=O)c1ccc(Cl)cc1. The predicted molar refractivity (Wildman–Crippen MR) is 98.4 cm³/mol. The maximum absolute atomic E-state index is 13.2. The van der Waals surface area contributed by atoms with E-state index in [1.807, 2.05) is 0 Å². The maximum Gasteiger partial charge on any atom is 0.351 e. The lowest BCUT2D eigenvalue weighted by molar-refractivity contribution is -0.137. The zero-order chi connectivity index (χ0) is 19.3. The first-order valence-corrected chi connectivity index (χ1v) is 9.59. The Bertz CT molecular complexity index is 944. The van der Waals surface area contributed by atoms with E-state index in [0.29, 0.717) is 10.7 Å². The van der Waals surface area contributed by atoms with Crippen molar-refractivity contribution in [3.05, 3.63) is 69.4 Å². The van der Waals surface area contributed by atoms with E-state index >= 15 is 0 Å². The van der Waals surface area contributed by atoms with Crippen molar-refractivity contribution in [3.8, 4) is 0 Å². The molecule has 9 heteroatoms. The number of sulfone groups is 1. The molecule has 0 aromatic heterocycles. The molecule has 0 saturated heterocycles. The van der Waals surface area contributed by atoms with Gasteiger partial charge in [-0.15, -0.1) is 0 Å². The van der Waals surface area contributed by atoms with Gasteiger partial charge in [0, 0.05) is 16.9 Å². The highest BCUT2D eigenvalue weighted by Gasteiger charge is 2.28. The Morgan fingerprint density at radius 2 is 1.85 bits per heavy atom. The topological polar surface area (TPSA) is 72.5 Å². The smallest absolute Gasteiger partial charge is 0.351 e. The number of halogens is 3. The molecule has 1 N–H and O–H groups in total. The fourth-order valence-corrected chi connectivity index (χ4v) is 3.47. The molecule has 0 aliphatic heterocycles. The lowest BCUT2D eigenvalue weighted by Crippen LogP contribution is -2.18. The van der Waals surface area contributed by atoms with Gasteiger partial charge in [0.05, 0.1) is 16.5 Å². The van der Waals surface area contributed by atoms with Gasteiger partial charge in [-0.3, -0.25) is 0 Å². The first-order chi connectivity index (χ1) is 12.3. The van der Waals surface area contributed by atoms with Crippen molar-refractivity contribution < 1.29 is 22.3 Å². The predicted octanol–water partition coefficient (Wildman–Crippen LogP) is 4.42. The molecule has 0 aliphatic rings. The fraction of sp³-hybridized carbons (Fsp3) is 0.118. The van der Waals surface area contributed by atoms with Crippen LogP contribution in [0.1, 0.15) is 6.92 Å². The second-order valence-electron chi connectivity index (χ2n) is 4.96. The monoisotopic (exact) mass is 417 g/mol. The number of hydrogen-bond acceptors (Lipinski definition) is 5. The van der Waals surface area contributed by atoms with E-state index in [2.05, 4.69) is 5.32 Å². The van der Waals surface area contributed by atoms with Gasteiger partial charge >= 0.3 is 5.97 Å². The summed E-state index contributed by atoms with van der Waals surface area (Å²) in [7, 11) is -4.17. The summed E-state index contributed by atoms with van der Waals surface area (Å²) >= 11 is 11.4. The summed E-state index contributed by atoms with van der Waals surface area (Å²) in [5.41, 5.74) is 0.296.